The number of nitrogens with one attached hydrogen (secondary N) is 1. The molecule has 5 nitrogen and oxygen atoms in total. The van der Waals surface area contributed by atoms with Gasteiger partial charge < -0.3 is 5.32 Å². The predicted molar refractivity (Wildman–Crippen MR) is 74.5 cm³/mol. The van der Waals surface area contributed by atoms with E-state index in [9.17, 15) is 4.79 Å². The second kappa shape index (κ2) is 5.67. The van der Waals surface area contributed by atoms with E-state index >= 15 is 0 Å². The predicted octanol–water partition coefficient (Wildman–Crippen LogP) is 2.46. The third-order valence-electron chi connectivity index (χ3n) is 2.51. The summed E-state index contributed by atoms with van der Waals surface area (Å²) in [7, 11) is 0. The largest absolute Gasteiger partial charge is 0.323 e. The molecule has 0 saturated carbocycles. The lowest BCUT2D eigenvalue weighted by atomic mass is 10.2. The molecule has 1 heterocycles. The Kier molecular flexibility index (Phi) is 3.97. The van der Waals surface area contributed by atoms with Crippen molar-refractivity contribution in [2.24, 2.45) is 0 Å². The monoisotopic (exact) mass is 318 g/mol. The summed E-state index contributed by atoms with van der Waals surface area (Å²) in [6, 6.07) is 8.91. The number of carbonyl (C=O) groups is 1. The minimum atomic E-state index is -0.224. The molecule has 0 bridgehead atoms. The van der Waals surface area contributed by atoms with E-state index in [1.807, 2.05) is 13.0 Å². The fraction of sp³-hybridized carbons (Fsp3) is 0.154. The highest BCUT2D eigenvalue weighted by Crippen LogP contribution is 2.15. The van der Waals surface area contributed by atoms with Gasteiger partial charge in [-0.3, -0.25) is 9.48 Å². The maximum absolute atomic E-state index is 11.9. The topological polar surface area (TPSA) is 70.7 Å². The van der Waals surface area contributed by atoms with Gasteiger partial charge in [-0.15, -0.1) is 0 Å². The molecule has 0 aliphatic rings. The lowest BCUT2D eigenvalue weighted by Gasteiger charge is -2.06. The van der Waals surface area contributed by atoms with Gasteiger partial charge >= 0.3 is 0 Å². The Hall–Kier alpha value is -2.13. The van der Waals surface area contributed by atoms with Crippen molar-refractivity contribution < 1.29 is 4.79 Å². The average Bonchev–Trinajstić information content (AvgIpc) is 2.68. The quantitative estimate of drug-likeness (QED) is 0.945. The third-order valence-corrected chi connectivity index (χ3v) is 3.29. The third kappa shape index (κ3) is 3.20. The van der Waals surface area contributed by atoms with Crippen LogP contribution in [0.1, 0.15) is 11.3 Å². The van der Waals surface area contributed by atoms with Crippen LogP contribution in [-0.2, 0) is 11.3 Å². The summed E-state index contributed by atoms with van der Waals surface area (Å²) in [6.07, 6.45) is 1.74. The van der Waals surface area contributed by atoms with Crippen LogP contribution < -0.4 is 5.32 Å². The molecule has 2 aromatic rings. The van der Waals surface area contributed by atoms with Crippen LogP contribution in [0.3, 0.4) is 0 Å². The number of hydrogen-bond acceptors (Lipinski definition) is 3. The SMILES string of the molecule is Cc1nn(CC(=O)Nc2ccccc2C#N)cc1Br. The van der Waals surface area contributed by atoms with E-state index in [4.69, 9.17) is 5.26 Å². The van der Waals surface area contributed by atoms with E-state index in [-0.39, 0.29) is 12.5 Å². The average molecular weight is 319 g/mol. The van der Waals surface area contributed by atoms with Crippen LogP contribution in [0.4, 0.5) is 5.69 Å². The van der Waals surface area contributed by atoms with Gasteiger partial charge in [0.2, 0.25) is 5.91 Å². The Balaban J connectivity index is 2.08. The summed E-state index contributed by atoms with van der Waals surface area (Å²) in [4.78, 5) is 11.9. The molecular formula is C13H11BrN4O. The molecule has 0 spiro atoms. The van der Waals surface area contributed by atoms with E-state index in [1.54, 1.807) is 35.1 Å². The Bertz CT molecular complexity index is 637. The molecule has 0 saturated heterocycles. The van der Waals surface area contributed by atoms with Crippen LogP contribution in [0, 0.1) is 18.3 Å². The second-order valence-corrected chi connectivity index (χ2v) is 4.82. The zero-order chi connectivity index (χ0) is 13.8. The van der Waals surface area contributed by atoms with Crippen molar-refractivity contribution in [1.82, 2.24) is 9.78 Å². The number of nitrogens with zero attached hydrogens (tertiary/aromatic N) is 3. The van der Waals surface area contributed by atoms with Gasteiger partial charge in [0.1, 0.15) is 12.6 Å². The van der Waals surface area contributed by atoms with Crippen molar-refractivity contribution in [3.05, 3.63) is 46.2 Å². The zero-order valence-corrected chi connectivity index (χ0v) is 11.8. The molecule has 96 valence electrons. The fourth-order valence-corrected chi connectivity index (χ4v) is 1.92. The van der Waals surface area contributed by atoms with Crippen molar-refractivity contribution in [3.8, 4) is 6.07 Å². The number of rotatable bonds is 3. The summed E-state index contributed by atoms with van der Waals surface area (Å²) >= 11 is 3.34. The Morgan fingerprint density at radius 3 is 2.89 bits per heavy atom. The normalized spacial score (nSPS) is 9.95. The number of aryl methyl sites for hydroxylation is 1. The zero-order valence-electron chi connectivity index (χ0n) is 10.2. The molecule has 0 unspecified atom stereocenters. The van der Waals surface area contributed by atoms with Gasteiger partial charge in [-0.05, 0) is 35.0 Å². The number of hydrogen-bond donors (Lipinski definition) is 1. The lowest BCUT2D eigenvalue weighted by Crippen LogP contribution is -2.19. The second-order valence-electron chi connectivity index (χ2n) is 3.97. The van der Waals surface area contributed by atoms with E-state index in [2.05, 4.69) is 26.3 Å². The minimum absolute atomic E-state index is 0.103. The van der Waals surface area contributed by atoms with Gasteiger partial charge in [0.25, 0.3) is 0 Å². The molecule has 0 radical (unpaired) electrons. The fourth-order valence-electron chi connectivity index (χ4n) is 1.60. The van der Waals surface area contributed by atoms with Crippen LogP contribution in [0.25, 0.3) is 0 Å². The first-order valence-electron chi connectivity index (χ1n) is 5.58. The highest BCUT2D eigenvalue weighted by Gasteiger charge is 2.09. The summed E-state index contributed by atoms with van der Waals surface area (Å²) in [5.74, 6) is -0.224. The maximum atomic E-state index is 11.9. The molecule has 1 aromatic heterocycles. The number of amides is 1. The van der Waals surface area contributed by atoms with Gasteiger partial charge in [-0.25, -0.2) is 0 Å². The van der Waals surface area contributed by atoms with Crippen LogP contribution in [0.15, 0.2) is 34.9 Å². The molecule has 0 aliphatic carbocycles. The maximum Gasteiger partial charge on any atom is 0.246 e. The van der Waals surface area contributed by atoms with Gasteiger partial charge in [-0.1, -0.05) is 12.1 Å². The number of benzene rings is 1. The Morgan fingerprint density at radius 1 is 1.53 bits per heavy atom. The number of carbonyl (C=O) groups excluding carboxylic acids is 1. The van der Waals surface area contributed by atoms with Crippen molar-refractivity contribution >= 4 is 27.5 Å². The summed E-state index contributed by atoms with van der Waals surface area (Å²) in [5.41, 5.74) is 1.77. The number of halogens is 1. The van der Waals surface area contributed by atoms with Crippen LogP contribution in [0.2, 0.25) is 0 Å². The first kappa shape index (κ1) is 13.3. The number of nitriles is 1. The molecule has 19 heavy (non-hydrogen) atoms. The standard InChI is InChI=1S/C13H11BrN4O/c1-9-11(14)7-18(17-9)8-13(19)16-12-5-3-2-4-10(12)6-15/h2-5,7H,8H2,1H3,(H,16,19). The number of aromatic nitrogens is 2. The van der Waals surface area contributed by atoms with Gasteiger partial charge in [-0.2, -0.15) is 10.4 Å². The smallest absolute Gasteiger partial charge is 0.246 e. The lowest BCUT2D eigenvalue weighted by molar-refractivity contribution is -0.116. The van der Waals surface area contributed by atoms with E-state index in [0.717, 1.165) is 10.2 Å². The molecule has 1 aromatic carbocycles. The molecule has 6 heteroatoms. The van der Waals surface area contributed by atoms with Crippen molar-refractivity contribution in [3.63, 3.8) is 0 Å². The van der Waals surface area contributed by atoms with E-state index < -0.39 is 0 Å². The summed E-state index contributed by atoms with van der Waals surface area (Å²) in [5, 5.41) is 15.8. The Labute approximate surface area is 119 Å². The molecule has 0 atom stereocenters. The van der Waals surface area contributed by atoms with Gasteiger partial charge in [0.05, 0.1) is 21.4 Å². The molecule has 0 aliphatic heterocycles. The van der Waals surface area contributed by atoms with E-state index in [0.29, 0.717) is 11.3 Å². The summed E-state index contributed by atoms with van der Waals surface area (Å²) in [6.45, 7) is 1.95. The highest BCUT2D eigenvalue weighted by atomic mass is 79.9. The molecule has 1 N–H and O–H groups in total. The van der Waals surface area contributed by atoms with Crippen LogP contribution in [-0.4, -0.2) is 15.7 Å². The highest BCUT2D eigenvalue weighted by molar-refractivity contribution is 9.10. The minimum Gasteiger partial charge on any atom is -0.323 e. The summed E-state index contributed by atoms with van der Waals surface area (Å²) < 4.78 is 2.40. The molecule has 1 amide bonds. The molecule has 2 rings (SSSR count). The van der Waals surface area contributed by atoms with Crippen molar-refractivity contribution in [2.45, 2.75) is 13.5 Å². The van der Waals surface area contributed by atoms with Crippen molar-refractivity contribution in [2.75, 3.05) is 5.32 Å². The number of anilines is 1. The van der Waals surface area contributed by atoms with Crippen LogP contribution >= 0.6 is 15.9 Å². The number of para-hydroxylation sites is 1. The van der Waals surface area contributed by atoms with Gasteiger partial charge in [0.15, 0.2) is 0 Å². The molecular weight excluding hydrogens is 308 g/mol. The van der Waals surface area contributed by atoms with Gasteiger partial charge in [0, 0.05) is 6.20 Å². The first-order chi connectivity index (χ1) is 9.10. The first-order valence-corrected chi connectivity index (χ1v) is 6.38. The van der Waals surface area contributed by atoms with Crippen LogP contribution in [0.5, 0.6) is 0 Å². The van der Waals surface area contributed by atoms with Crippen molar-refractivity contribution in [1.29, 1.82) is 5.26 Å². The van der Waals surface area contributed by atoms with E-state index in [1.165, 1.54) is 0 Å². The molecule has 0 fully saturated rings. The Morgan fingerprint density at radius 2 is 2.26 bits per heavy atom.